The van der Waals surface area contributed by atoms with Gasteiger partial charge in [0, 0.05) is 20.5 Å². The van der Waals surface area contributed by atoms with Crippen LogP contribution in [0.2, 0.25) is 0 Å². The van der Waals surface area contributed by atoms with Gasteiger partial charge in [0.2, 0.25) is 5.91 Å². The molecule has 1 fully saturated rings. The smallest absolute Gasteiger partial charge is 0.243 e. The lowest BCUT2D eigenvalue weighted by Gasteiger charge is -2.06. The lowest BCUT2D eigenvalue weighted by Crippen LogP contribution is -2.27. The zero-order valence-electron chi connectivity index (χ0n) is 9.78. The highest BCUT2D eigenvalue weighted by Crippen LogP contribution is 2.10. The molecule has 0 aromatic heterocycles. The fraction of sp³-hybridized carbons (Fsp3) is 0.615. The third kappa shape index (κ3) is 5.71. The first-order valence-corrected chi connectivity index (χ1v) is 5.96. The average molecular weight is 225 g/mol. The highest BCUT2D eigenvalue weighted by Gasteiger charge is 2.15. The molecule has 0 aromatic carbocycles. The van der Waals surface area contributed by atoms with E-state index in [2.05, 4.69) is 11.9 Å². The van der Waals surface area contributed by atoms with Crippen LogP contribution in [0.5, 0.6) is 0 Å². The van der Waals surface area contributed by atoms with Gasteiger partial charge in [-0.05, 0) is 31.8 Å². The first-order chi connectivity index (χ1) is 7.83. The molecular formula is C13H23NO2. The van der Waals surface area contributed by atoms with Gasteiger partial charge in [0.25, 0.3) is 0 Å². The van der Waals surface area contributed by atoms with Gasteiger partial charge in [0.15, 0.2) is 0 Å². The molecule has 3 heteroatoms. The van der Waals surface area contributed by atoms with Gasteiger partial charge < -0.3 is 10.1 Å². The van der Waals surface area contributed by atoms with E-state index >= 15 is 0 Å². The standard InChI is InChI=1S/C13H21NO2.H2/c1-2-3-4-5-6-7-13(15)14-10-12-8-9-16-11-12;/h2,6-7,12H,1,3-5,8-11H2,(H,14,15);1H/b7-6+;. The second kappa shape index (κ2) is 8.11. The fourth-order valence-corrected chi connectivity index (χ4v) is 1.62. The quantitative estimate of drug-likeness (QED) is 0.410. The van der Waals surface area contributed by atoms with Crippen LogP contribution in [-0.2, 0) is 9.53 Å². The average Bonchev–Trinajstić information content (AvgIpc) is 2.79. The van der Waals surface area contributed by atoms with Gasteiger partial charge in [0.05, 0.1) is 6.61 Å². The van der Waals surface area contributed by atoms with Gasteiger partial charge in [0.1, 0.15) is 0 Å². The monoisotopic (exact) mass is 225 g/mol. The molecular weight excluding hydrogens is 202 g/mol. The van der Waals surface area contributed by atoms with E-state index in [1.54, 1.807) is 6.08 Å². The maximum Gasteiger partial charge on any atom is 0.243 e. The Morgan fingerprint density at radius 1 is 1.56 bits per heavy atom. The molecule has 1 N–H and O–H groups in total. The van der Waals surface area contributed by atoms with Crippen LogP contribution in [0.15, 0.2) is 24.8 Å². The minimum Gasteiger partial charge on any atom is -0.381 e. The van der Waals surface area contributed by atoms with E-state index in [-0.39, 0.29) is 7.33 Å². The van der Waals surface area contributed by atoms with Gasteiger partial charge >= 0.3 is 0 Å². The summed E-state index contributed by atoms with van der Waals surface area (Å²) in [5.41, 5.74) is 0. The topological polar surface area (TPSA) is 38.3 Å². The second-order valence-electron chi connectivity index (χ2n) is 4.10. The van der Waals surface area contributed by atoms with Crippen LogP contribution in [0.4, 0.5) is 0 Å². The van der Waals surface area contributed by atoms with Crippen LogP contribution in [0, 0.1) is 5.92 Å². The Morgan fingerprint density at radius 3 is 3.12 bits per heavy atom. The molecule has 0 radical (unpaired) electrons. The number of ether oxygens (including phenoxy) is 1. The maximum atomic E-state index is 11.4. The van der Waals surface area contributed by atoms with Crippen LogP contribution in [0.25, 0.3) is 0 Å². The van der Waals surface area contributed by atoms with Crippen molar-refractivity contribution in [2.45, 2.75) is 25.7 Å². The third-order valence-electron chi connectivity index (χ3n) is 2.64. The van der Waals surface area contributed by atoms with Crippen LogP contribution >= 0.6 is 0 Å². The van der Waals surface area contributed by atoms with E-state index in [1.165, 1.54) is 0 Å². The van der Waals surface area contributed by atoms with Crippen molar-refractivity contribution in [3.8, 4) is 0 Å². The van der Waals surface area contributed by atoms with Gasteiger partial charge in [-0.25, -0.2) is 0 Å². The molecule has 1 heterocycles. The molecule has 0 saturated carbocycles. The summed E-state index contributed by atoms with van der Waals surface area (Å²) in [4.78, 5) is 11.4. The number of carbonyl (C=O) groups excluding carboxylic acids is 1. The number of hydrogen-bond donors (Lipinski definition) is 1. The minimum absolute atomic E-state index is 0. The highest BCUT2D eigenvalue weighted by atomic mass is 16.5. The summed E-state index contributed by atoms with van der Waals surface area (Å²) in [6.07, 6.45) is 9.50. The summed E-state index contributed by atoms with van der Waals surface area (Å²) in [7, 11) is 0. The molecule has 1 saturated heterocycles. The largest absolute Gasteiger partial charge is 0.381 e. The minimum atomic E-state index is 0. The molecule has 16 heavy (non-hydrogen) atoms. The zero-order chi connectivity index (χ0) is 11.6. The van der Waals surface area contributed by atoms with Gasteiger partial charge in [-0.15, -0.1) is 6.58 Å². The van der Waals surface area contributed by atoms with Crippen molar-refractivity contribution in [2.75, 3.05) is 19.8 Å². The number of carbonyl (C=O) groups is 1. The van der Waals surface area contributed by atoms with Crippen molar-refractivity contribution in [3.63, 3.8) is 0 Å². The Morgan fingerprint density at radius 2 is 2.44 bits per heavy atom. The van der Waals surface area contributed by atoms with E-state index in [9.17, 15) is 4.79 Å². The lowest BCUT2D eigenvalue weighted by molar-refractivity contribution is -0.116. The van der Waals surface area contributed by atoms with E-state index in [0.29, 0.717) is 5.92 Å². The van der Waals surface area contributed by atoms with Gasteiger partial charge in [-0.2, -0.15) is 0 Å². The van der Waals surface area contributed by atoms with Crippen LogP contribution < -0.4 is 5.32 Å². The fourth-order valence-electron chi connectivity index (χ4n) is 1.62. The molecule has 0 aliphatic carbocycles. The van der Waals surface area contributed by atoms with E-state index in [1.807, 2.05) is 12.2 Å². The molecule has 0 bridgehead atoms. The Balaban J connectivity index is 0.00000256. The molecule has 3 nitrogen and oxygen atoms in total. The Bertz CT molecular complexity index is 248. The summed E-state index contributed by atoms with van der Waals surface area (Å²) in [5.74, 6) is 0.503. The first kappa shape index (κ1) is 13.0. The molecule has 1 rings (SSSR count). The predicted octanol–water partition coefficient (Wildman–Crippen LogP) is 2.30. The number of unbranched alkanes of at least 4 members (excludes halogenated alkanes) is 2. The molecule has 1 amide bonds. The zero-order valence-corrected chi connectivity index (χ0v) is 9.78. The Labute approximate surface area is 99.0 Å². The summed E-state index contributed by atoms with van der Waals surface area (Å²) in [5, 5.41) is 2.89. The number of rotatable bonds is 7. The second-order valence-corrected chi connectivity index (χ2v) is 4.10. The van der Waals surface area contributed by atoms with Crippen LogP contribution in [0.1, 0.15) is 27.1 Å². The lowest BCUT2D eigenvalue weighted by atomic mass is 10.1. The molecule has 1 aliphatic heterocycles. The number of allylic oxidation sites excluding steroid dienone is 2. The van der Waals surface area contributed by atoms with Crippen molar-refractivity contribution in [1.29, 1.82) is 0 Å². The number of nitrogens with one attached hydrogen (secondary N) is 1. The Hall–Kier alpha value is -1.09. The van der Waals surface area contributed by atoms with Gasteiger partial charge in [-0.1, -0.05) is 12.2 Å². The SMILES string of the molecule is C=CCCC/C=C/C(=O)NCC1CCOC1.[HH]. The van der Waals surface area contributed by atoms with Crippen molar-refractivity contribution in [3.05, 3.63) is 24.8 Å². The van der Waals surface area contributed by atoms with Crippen molar-refractivity contribution >= 4 is 5.91 Å². The van der Waals surface area contributed by atoms with E-state index in [0.717, 1.165) is 45.4 Å². The number of amides is 1. The maximum absolute atomic E-state index is 11.4. The number of hydrogen-bond acceptors (Lipinski definition) is 2. The summed E-state index contributed by atoms with van der Waals surface area (Å²) in [6, 6.07) is 0. The van der Waals surface area contributed by atoms with Crippen LogP contribution in [-0.4, -0.2) is 25.7 Å². The van der Waals surface area contributed by atoms with Crippen LogP contribution in [0.3, 0.4) is 0 Å². The first-order valence-electron chi connectivity index (χ1n) is 5.96. The van der Waals surface area contributed by atoms with Crippen molar-refractivity contribution in [1.82, 2.24) is 5.32 Å². The molecule has 1 atom stereocenters. The van der Waals surface area contributed by atoms with E-state index < -0.39 is 0 Å². The molecule has 0 aromatic rings. The highest BCUT2D eigenvalue weighted by molar-refractivity contribution is 5.87. The van der Waals surface area contributed by atoms with Crippen molar-refractivity contribution < 1.29 is 11.0 Å². The normalized spacial score (nSPS) is 20.1. The molecule has 1 unspecified atom stereocenters. The molecule has 0 spiro atoms. The van der Waals surface area contributed by atoms with Crippen molar-refractivity contribution in [2.24, 2.45) is 5.92 Å². The van der Waals surface area contributed by atoms with Gasteiger partial charge in [-0.3, -0.25) is 4.79 Å². The summed E-state index contributed by atoms with van der Waals surface area (Å²) < 4.78 is 5.24. The Kier molecular flexibility index (Phi) is 6.58. The molecule has 1 aliphatic rings. The molecule has 92 valence electrons. The van der Waals surface area contributed by atoms with E-state index in [4.69, 9.17) is 4.74 Å². The third-order valence-corrected chi connectivity index (χ3v) is 2.64. The predicted molar refractivity (Wildman–Crippen MR) is 67.2 cm³/mol. The summed E-state index contributed by atoms with van der Waals surface area (Å²) >= 11 is 0. The summed E-state index contributed by atoms with van der Waals surface area (Å²) in [6.45, 7) is 6.00.